The van der Waals surface area contributed by atoms with Gasteiger partial charge in [-0.1, -0.05) is 12.1 Å². The Bertz CT molecular complexity index is 1990. The van der Waals surface area contributed by atoms with Crippen molar-refractivity contribution in [1.29, 1.82) is 0 Å². The normalized spacial score (nSPS) is 22.7. The third-order valence-electron chi connectivity index (χ3n) is 10.4. The lowest BCUT2D eigenvalue weighted by atomic mass is 9.72. The number of carbonyl (C=O) groups excluding carboxylic acids is 5. The van der Waals surface area contributed by atoms with Crippen molar-refractivity contribution in [3.63, 3.8) is 0 Å². The van der Waals surface area contributed by atoms with E-state index in [0.29, 0.717) is 18.2 Å². The molecule has 49 heavy (non-hydrogen) atoms. The van der Waals surface area contributed by atoms with Gasteiger partial charge < -0.3 is 10.2 Å². The van der Waals surface area contributed by atoms with Crippen molar-refractivity contribution in [2.75, 3.05) is 25.0 Å². The molecule has 5 heterocycles. The average molecular weight is 661 g/mol. The largest absolute Gasteiger partial charge is 0.385 e. The summed E-state index contributed by atoms with van der Waals surface area (Å²) in [7, 11) is 0. The number of imide groups is 2. The Morgan fingerprint density at radius 1 is 0.918 bits per heavy atom. The van der Waals surface area contributed by atoms with Crippen LogP contribution in [0.15, 0.2) is 61.1 Å². The van der Waals surface area contributed by atoms with Gasteiger partial charge in [-0.05, 0) is 74.8 Å². The number of hydrogen-bond acceptors (Lipinski definition) is 9. The molecule has 4 aromatic rings. The number of rotatable bonds is 8. The fraction of sp³-hybridized carbons (Fsp3) is 0.389. The zero-order valence-corrected chi connectivity index (χ0v) is 26.9. The molecule has 1 aliphatic carbocycles. The van der Waals surface area contributed by atoms with E-state index < -0.39 is 29.7 Å². The average Bonchev–Trinajstić information content (AvgIpc) is 3.68. The molecule has 1 saturated carbocycles. The first-order valence-electron chi connectivity index (χ1n) is 17.0. The van der Waals surface area contributed by atoms with Crippen LogP contribution in [-0.4, -0.2) is 84.8 Å². The molecule has 0 radical (unpaired) electrons. The van der Waals surface area contributed by atoms with Gasteiger partial charge in [-0.15, -0.1) is 0 Å². The molecule has 2 saturated heterocycles. The summed E-state index contributed by atoms with van der Waals surface area (Å²) >= 11 is 0. The molecule has 2 aromatic carbocycles. The van der Waals surface area contributed by atoms with Crippen LogP contribution in [0.3, 0.4) is 0 Å². The van der Waals surface area contributed by atoms with Gasteiger partial charge in [0.05, 0.1) is 46.3 Å². The molecule has 1 unspecified atom stereocenters. The van der Waals surface area contributed by atoms with Crippen LogP contribution in [0.2, 0.25) is 0 Å². The van der Waals surface area contributed by atoms with E-state index in [4.69, 9.17) is 4.98 Å². The molecule has 250 valence electrons. The molecule has 13 nitrogen and oxygen atoms in total. The van der Waals surface area contributed by atoms with Crippen LogP contribution < -0.4 is 10.6 Å². The fourth-order valence-corrected chi connectivity index (χ4v) is 7.55. The first-order chi connectivity index (χ1) is 23.8. The monoisotopic (exact) mass is 660 g/mol. The topological polar surface area (TPSA) is 159 Å². The molecule has 2 aromatic heterocycles. The minimum Gasteiger partial charge on any atom is -0.385 e. The van der Waals surface area contributed by atoms with Crippen molar-refractivity contribution in [1.82, 2.24) is 34.9 Å². The van der Waals surface area contributed by atoms with E-state index in [1.165, 1.54) is 0 Å². The second-order valence-corrected chi connectivity index (χ2v) is 13.5. The maximum atomic E-state index is 13.3. The number of anilines is 1. The SMILES string of the molecule is O=C1CCC(N2C(=O)c3ccc(NCCC4CC(C(=O)N5CCC(n6cc(-c7cnc8ccccc8n7)cn6)CC5)C4)cc3C2=O)C(=O)N1. The maximum absolute atomic E-state index is 13.3. The molecule has 3 fully saturated rings. The van der Waals surface area contributed by atoms with Gasteiger partial charge in [0.15, 0.2) is 0 Å². The van der Waals surface area contributed by atoms with Crippen LogP contribution >= 0.6 is 0 Å². The quantitative estimate of drug-likeness (QED) is 0.269. The Morgan fingerprint density at radius 3 is 2.49 bits per heavy atom. The first-order valence-corrected chi connectivity index (χ1v) is 17.0. The highest BCUT2D eigenvalue weighted by Gasteiger charge is 2.44. The van der Waals surface area contributed by atoms with Crippen molar-refractivity contribution in [3.8, 4) is 11.3 Å². The number of hydrogen-bond donors (Lipinski definition) is 2. The van der Waals surface area contributed by atoms with E-state index in [1.54, 1.807) is 24.4 Å². The van der Waals surface area contributed by atoms with E-state index in [9.17, 15) is 24.0 Å². The second-order valence-electron chi connectivity index (χ2n) is 13.5. The maximum Gasteiger partial charge on any atom is 0.262 e. The number of likely N-dealkylation sites (tertiary alicyclic amines) is 1. The van der Waals surface area contributed by atoms with Crippen molar-refractivity contribution in [2.24, 2.45) is 11.8 Å². The lowest BCUT2D eigenvalue weighted by Gasteiger charge is -2.40. The summed E-state index contributed by atoms with van der Waals surface area (Å²) in [6, 6.07) is 12.1. The van der Waals surface area contributed by atoms with Gasteiger partial charge in [-0.25, -0.2) is 4.98 Å². The van der Waals surface area contributed by atoms with E-state index in [2.05, 4.69) is 20.7 Å². The molecule has 2 N–H and O–H groups in total. The zero-order chi connectivity index (χ0) is 33.6. The molecule has 5 amide bonds. The Balaban J connectivity index is 0.782. The zero-order valence-electron chi connectivity index (χ0n) is 26.9. The number of nitrogens with one attached hydrogen (secondary N) is 2. The van der Waals surface area contributed by atoms with Crippen LogP contribution in [0.25, 0.3) is 22.3 Å². The molecule has 4 aliphatic rings. The number of benzene rings is 2. The van der Waals surface area contributed by atoms with Gasteiger partial charge in [0.25, 0.3) is 11.8 Å². The number of aromatic nitrogens is 4. The van der Waals surface area contributed by atoms with Gasteiger partial charge in [-0.2, -0.15) is 5.10 Å². The second kappa shape index (κ2) is 12.5. The van der Waals surface area contributed by atoms with Crippen LogP contribution in [0, 0.1) is 11.8 Å². The molecule has 13 heteroatoms. The standard InChI is InChI=1S/C36H36N8O5/c45-32-8-7-31(33(46)41-32)44-35(48)26-6-5-24(17-27(26)36(44)49)37-12-9-21-15-22(16-21)34(47)42-13-10-25(11-14-42)43-20-23(18-39-43)30-19-38-28-3-1-2-4-29(28)40-30/h1-6,17-22,25,31,37H,7-16H2,(H,41,45,46). The highest BCUT2D eigenvalue weighted by molar-refractivity contribution is 6.23. The summed E-state index contributed by atoms with van der Waals surface area (Å²) in [6.07, 6.45) is 10.2. The van der Waals surface area contributed by atoms with Crippen molar-refractivity contribution in [3.05, 3.63) is 72.2 Å². The summed E-state index contributed by atoms with van der Waals surface area (Å²) in [5, 5.41) is 10.2. The summed E-state index contributed by atoms with van der Waals surface area (Å²) in [5.74, 6) is -1.31. The Morgan fingerprint density at radius 2 is 1.69 bits per heavy atom. The number of carbonyl (C=O) groups is 5. The predicted molar refractivity (Wildman–Crippen MR) is 178 cm³/mol. The van der Waals surface area contributed by atoms with Crippen LogP contribution in [0.1, 0.15) is 71.7 Å². The molecule has 0 spiro atoms. The van der Waals surface area contributed by atoms with E-state index in [0.717, 1.165) is 72.4 Å². The predicted octanol–water partition coefficient (Wildman–Crippen LogP) is 3.59. The molecule has 0 bridgehead atoms. The summed E-state index contributed by atoms with van der Waals surface area (Å²) in [5.41, 5.74) is 4.68. The molecular formula is C36H36N8O5. The Labute approximate surface area is 282 Å². The van der Waals surface area contributed by atoms with E-state index >= 15 is 0 Å². The van der Waals surface area contributed by atoms with Crippen LogP contribution in [-0.2, 0) is 14.4 Å². The van der Waals surface area contributed by atoms with Crippen molar-refractivity contribution >= 4 is 46.3 Å². The summed E-state index contributed by atoms with van der Waals surface area (Å²) in [6.45, 7) is 2.11. The van der Waals surface area contributed by atoms with Crippen molar-refractivity contribution in [2.45, 2.75) is 57.0 Å². The number of piperidine rings is 2. The molecule has 8 rings (SSSR count). The van der Waals surface area contributed by atoms with E-state index in [-0.39, 0.29) is 41.8 Å². The Kier molecular flexibility index (Phi) is 7.89. The van der Waals surface area contributed by atoms with Gasteiger partial charge >= 0.3 is 0 Å². The highest BCUT2D eigenvalue weighted by atomic mass is 16.2. The van der Waals surface area contributed by atoms with Crippen molar-refractivity contribution < 1.29 is 24.0 Å². The van der Waals surface area contributed by atoms with E-state index in [1.807, 2.05) is 46.2 Å². The highest BCUT2D eigenvalue weighted by Crippen LogP contribution is 2.38. The summed E-state index contributed by atoms with van der Waals surface area (Å²) < 4.78 is 2.00. The van der Waals surface area contributed by atoms with Gasteiger partial charge in [-0.3, -0.25) is 43.9 Å². The molecule has 3 aliphatic heterocycles. The van der Waals surface area contributed by atoms with Crippen LogP contribution in [0.4, 0.5) is 5.69 Å². The lowest BCUT2D eigenvalue weighted by molar-refractivity contribution is -0.141. The smallest absolute Gasteiger partial charge is 0.262 e. The number of nitrogens with zero attached hydrogens (tertiary/aromatic N) is 6. The number of amides is 5. The van der Waals surface area contributed by atoms with Gasteiger partial charge in [0, 0.05) is 49.4 Å². The summed E-state index contributed by atoms with van der Waals surface area (Å²) in [4.78, 5) is 75.4. The third-order valence-corrected chi connectivity index (χ3v) is 10.4. The lowest BCUT2D eigenvalue weighted by Crippen LogP contribution is -2.54. The first kappa shape index (κ1) is 30.8. The minimum atomic E-state index is -0.982. The number of para-hydroxylation sites is 2. The fourth-order valence-electron chi connectivity index (χ4n) is 7.55. The van der Waals surface area contributed by atoms with Crippen LogP contribution in [0.5, 0.6) is 0 Å². The molecule has 1 atom stereocenters. The minimum absolute atomic E-state index is 0.0613. The number of fused-ring (bicyclic) bond motifs is 2. The Hall–Kier alpha value is -5.46. The van der Waals surface area contributed by atoms with Gasteiger partial charge in [0.2, 0.25) is 17.7 Å². The molecular weight excluding hydrogens is 624 g/mol. The third kappa shape index (κ3) is 5.83. The van der Waals surface area contributed by atoms with Gasteiger partial charge in [0.1, 0.15) is 6.04 Å².